The third kappa shape index (κ3) is 5.08. The summed E-state index contributed by atoms with van der Waals surface area (Å²) in [6.07, 6.45) is 0.932. The number of thiophene rings is 1. The first-order valence-corrected chi connectivity index (χ1v) is 10.0. The molecule has 1 unspecified atom stereocenters. The first-order chi connectivity index (χ1) is 13.2. The molecule has 0 radical (unpaired) electrons. The maximum absolute atomic E-state index is 12.5. The molecular formula is C20H26N4O2S. The zero-order valence-corrected chi connectivity index (χ0v) is 16.3. The van der Waals surface area contributed by atoms with E-state index in [9.17, 15) is 9.90 Å². The molecule has 0 saturated heterocycles. The monoisotopic (exact) mass is 386 g/mol. The van der Waals surface area contributed by atoms with Gasteiger partial charge in [0.05, 0.1) is 13.2 Å². The smallest absolute Gasteiger partial charge is 0.242 e. The van der Waals surface area contributed by atoms with E-state index in [1.165, 1.54) is 10.4 Å². The molecule has 1 aromatic carbocycles. The number of fused-ring (bicyclic) bond motifs is 1. The number of carbonyl (C=O) groups is 1. The lowest BCUT2D eigenvalue weighted by atomic mass is 10.0. The lowest BCUT2D eigenvalue weighted by Gasteiger charge is -2.27. The van der Waals surface area contributed by atoms with Crippen molar-refractivity contribution in [2.45, 2.75) is 18.9 Å². The number of aliphatic hydroxyl groups is 1. The van der Waals surface area contributed by atoms with Crippen LogP contribution in [0.2, 0.25) is 0 Å². The summed E-state index contributed by atoms with van der Waals surface area (Å²) < 4.78 is 0. The molecule has 1 atom stereocenters. The van der Waals surface area contributed by atoms with Gasteiger partial charge in [-0.05, 0) is 29.0 Å². The molecule has 6 nitrogen and oxygen atoms in total. The Morgan fingerprint density at radius 1 is 1.30 bits per heavy atom. The van der Waals surface area contributed by atoms with Gasteiger partial charge in [0.2, 0.25) is 5.91 Å². The van der Waals surface area contributed by atoms with Crippen molar-refractivity contribution in [1.29, 1.82) is 0 Å². The fourth-order valence-electron chi connectivity index (χ4n) is 3.19. The van der Waals surface area contributed by atoms with Crippen LogP contribution in [0.25, 0.3) is 0 Å². The second kappa shape index (κ2) is 9.53. The molecule has 0 aliphatic carbocycles. The number of hydrogen-bond acceptors (Lipinski definition) is 4. The molecule has 3 rings (SSSR count). The number of carbonyl (C=O) groups excluding carboxylic acids is 1. The van der Waals surface area contributed by atoms with E-state index >= 15 is 0 Å². The van der Waals surface area contributed by atoms with E-state index < -0.39 is 0 Å². The minimum Gasteiger partial charge on any atom is -0.396 e. The van der Waals surface area contributed by atoms with Crippen LogP contribution in [-0.2, 0) is 17.8 Å². The van der Waals surface area contributed by atoms with Gasteiger partial charge in [-0.1, -0.05) is 30.3 Å². The number of aliphatic imine (C=N–C) groups is 1. The van der Waals surface area contributed by atoms with Crippen LogP contribution in [0.1, 0.15) is 21.9 Å². The van der Waals surface area contributed by atoms with Gasteiger partial charge < -0.3 is 20.6 Å². The molecule has 0 fully saturated rings. The molecule has 1 aliphatic rings. The highest BCUT2D eigenvalue weighted by Gasteiger charge is 2.21. The highest BCUT2D eigenvalue weighted by atomic mass is 32.1. The molecule has 0 saturated carbocycles. The Kier molecular flexibility index (Phi) is 6.84. The van der Waals surface area contributed by atoms with Crippen LogP contribution >= 0.6 is 11.3 Å². The van der Waals surface area contributed by atoms with Crippen LogP contribution in [0.15, 0.2) is 46.8 Å². The number of hydrogen-bond donors (Lipinski definition) is 3. The summed E-state index contributed by atoms with van der Waals surface area (Å²) in [5, 5.41) is 18.0. The fraction of sp³-hybridized carbons (Fsp3) is 0.400. The van der Waals surface area contributed by atoms with Gasteiger partial charge in [0.25, 0.3) is 0 Å². The van der Waals surface area contributed by atoms with E-state index in [1.807, 2.05) is 35.2 Å². The number of benzene rings is 1. The Balaban J connectivity index is 1.47. The average molecular weight is 387 g/mol. The van der Waals surface area contributed by atoms with Gasteiger partial charge in [-0.2, -0.15) is 0 Å². The highest BCUT2D eigenvalue weighted by molar-refractivity contribution is 7.10. The Bertz CT molecular complexity index is 775. The summed E-state index contributed by atoms with van der Waals surface area (Å²) in [6, 6.07) is 12.0. The zero-order valence-electron chi connectivity index (χ0n) is 15.5. The molecule has 144 valence electrons. The molecule has 0 bridgehead atoms. The van der Waals surface area contributed by atoms with Crippen molar-refractivity contribution in [2.75, 3.05) is 33.3 Å². The quantitative estimate of drug-likeness (QED) is 0.520. The predicted octanol–water partition coefficient (Wildman–Crippen LogP) is 1.57. The molecule has 1 amide bonds. The molecule has 1 aliphatic heterocycles. The average Bonchev–Trinajstić information content (AvgIpc) is 3.19. The van der Waals surface area contributed by atoms with E-state index in [0.717, 1.165) is 18.5 Å². The van der Waals surface area contributed by atoms with Crippen molar-refractivity contribution in [2.24, 2.45) is 4.99 Å². The normalized spacial score (nSPS) is 15.2. The Morgan fingerprint density at radius 3 is 2.85 bits per heavy atom. The molecular weight excluding hydrogens is 360 g/mol. The van der Waals surface area contributed by atoms with Gasteiger partial charge in [0, 0.05) is 37.5 Å². The van der Waals surface area contributed by atoms with Gasteiger partial charge in [0.1, 0.15) is 0 Å². The second-order valence-corrected chi connectivity index (χ2v) is 7.53. The molecule has 27 heavy (non-hydrogen) atoms. The molecule has 0 spiro atoms. The predicted molar refractivity (Wildman–Crippen MR) is 109 cm³/mol. The third-order valence-corrected chi connectivity index (χ3v) is 5.82. The van der Waals surface area contributed by atoms with Gasteiger partial charge >= 0.3 is 0 Å². The Hall–Kier alpha value is -2.38. The maximum Gasteiger partial charge on any atom is 0.242 e. The number of nitrogens with one attached hydrogen (secondary N) is 2. The summed E-state index contributed by atoms with van der Waals surface area (Å²) in [7, 11) is 1.68. The summed E-state index contributed by atoms with van der Waals surface area (Å²) in [6.45, 7) is 2.24. The number of rotatable bonds is 6. The molecule has 3 N–H and O–H groups in total. The number of nitrogens with zero attached hydrogens (tertiary/aromatic N) is 2. The minimum atomic E-state index is -0.0282. The van der Waals surface area contributed by atoms with E-state index in [1.54, 1.807) is 18.4 Å². The van der Waals surface area contributed by atoms with Crippen molar-refractivity contribution in [3.63, 3.8) is 0 Å². The first-order valence-electron chi connectivity index (χ1n) is 9.14. The number of amides is 1. The van der Waals surface area contributed by atoms with Gasteiger partial charge in [-0.25, -0.2) is 0 Å². The molecule has 2 heterocycles. The lowest BCUT2D eigenvalue weighted by molar-refractivity contribution is -0.130. The van der Waals surface area contributed by atoms with Gasteiger partial charge in [0.15, 0.2) is 5.96 Å². The lowest BCUT2D eigenvalue weighted by Crippen LogP contribution is -2.46. The standard InChI is InChI=1S/C20H26N4O2S/c1-21-20(22-11-17(14-25)15-5-3-2-4-6-15)23-12-19(26)24-9-7-18-16(13-24)8-10-27-18/h2-6,8,10,17,25H,7,9,11-14H2,1H3,(H2,21,22,23). The van der Waals surface area contributed by atoms with E-state index in [-0.39, 0.29) is 25.0 Å². The largest absolute Gasteiger partial charge is 0.396 e. The summed E-state index contributed by atoms with van der Waals surface area (Å²) >= 11 is 1.77. The fourth-order valence-corrected chi connectivity index (χ4v) is 4.08. The molecule has 7 heteroatoms. The van der Waals surface area contributed by atoms with Gasteiger partial charge in [-0.3, -0.25) is 9.79 Å². The first kappa shape index (κ1) is 19.4. The maximum atomic E-state index is 12.5. The van der Waals surface area contributed by atoms with E-state index in [0.29, 0.717) is 19.0 Å². The number of aliphatic hydroxyl groups excluding tert-OH is 1. The van der Waals surface area contributed by atoms with Crippen LogP contribution in [0.3, 0.4) is 0 Å². The SMILES string of the molecule is CN=C(NCC(=O)N1CCc2sccc2C1)NCC(CO)c1ccccc1. The van der Waals surface area contributed by atoms with E-state index in [2.05, 4.69) is 27.1 Å². The topological polar surface area (TPSA) is 77.0 Å². The summed E-state index contributed by atoms with van der Waals surface area (Å²) in [5.74, 6) is 0.599. The zero-order chi connectivity index (χ0) is 19.1. The Morgan fingerprint density at radius 2 is 2.11 bits per heavy atom. The third-order valence-electron chi connectivity index (χ3n) is 4.80. The van der Waals surface area contributed by atoms with Gasteiger partial charge in [-0.15, -0.1) is 11.3 Å². The minimum absolute atomic E-state index is 0.0282. The second-order valence-electron chi connectivity index (χ2n) is 6.53. The van der Waals surface area contributed by atoms with Crippen molar-refractivity contribution in [1.82, 2.24) is 15.5 Å². The van der Waals surface area contributed by atoms with Crippen LogP contribution in [0, 0.1) is 0 Å². The Labute approximate surface area is 163 Å². The summed E-state index contributed by atoms with van der Waals surface area (Å²) in [4.78, 5) is 20.0. The van der Waals surface area contributed by atoms with Crippen LogP contribution in [0.4, 0.5) is 0 Å². The van der Waals surface area contributed by atoms with Crippen molar-refractivity contribution < 1.29 is 9.90 Å². The summed E-state index contributed by atoms with van der Waals surface area (Å²) in [5.41, 5.74) is 2.33. The van der Waals surface area contributed by atoms with Crippen molar-refractivity contribution in [3.8, 4) is 0 Å². The molecule has 1 aromatic heterocycles. The van der Waals surface area contributed by atoms with Crippen LogP contribution in [0.5, 0.6) is 0 Å². The number of guanidine groups is 1. The molecule has 2 aromatic rings. The van der Waals surface area contributed by atoms with Crippen LogP contribution < -0.4 is 10.6 Å². The van der Waals surface area contributed by atoms with Crippen molar-refractivity contribution >= 4 is 23.2 Å². The highest BCUT2D eigenvalue weighted by Crippen LogP contribution is 2.23. The van der Waals surface area contributed by atoms with Crippen LogP contribution in [-0.4, -0.2) is 55.2 Å². The van der Waals surface area contributed by atoms with E-state index in [4.69, 9.17) is 0 Å². The van der Waals surface area contributed by atoms with Crippen molar-refractivity contribution in [3.05, 3.63) is 57.8 Å².